The van der Waals surface area contributed by atoms with Crippen molar-refractivity contribution < 1.29 is 29.4 Å². The molecule has 0 aliphatic carbocycles. The monoisotopic (exact) mass is 246 g/mol. The van der Waals surface area contributed by atoms with Crippen molar-refractivity contribution >= 4 is 23.8 Å². The van der Waals surface area contributed by atoms with E-state index >= 15 is 0 Å². The Morgan fingerprint density at radius 1 is 1.06 bits per heavy atom. The molecule has 0 saturated heterocycles. The maximum absolute atomic E-state index is 11.2. The van der Waals surface area contributed by atoms with E-state index in [1.54, 1.807) is 0 Å². The molecule has 0 aromatic heterocycles. The van der Waals surface area contributed by atoms with Gasteiger partial charge >= 0.3 is 11.9 Å². The number of hydrogen-bond donors (Lipinski definition) is 4. The number of nitrogens with two attached hydrogens (primary N) is 1. The molecule has 0 aliphatic rings. The summed E-state index contributed by atoms with van der Waals surface area (Å²) in [5.74, 6) is -3.79. The second kappa shape index (κ2) is 7.20. The van der Waals surface area contributed by atoms with Crippen LogP contribution >= 0.6 is 0 Å². The molecule has 1 unspecified atom stereocenters. The van der Waals surface area contributed by atoms with Gasteiger partial charge in [0.05, 0.1) is 0 Å². The van der Waals surface area contributed by atoms with Gasteiger partial charge in [-0.2, -0.15) is 0 Å². The smallest absolute Gasteiger partial charge is 0.326 e. The molecule has 0 rings (SSSR count). The van der Waals surface area contributed by atoms with Gasteiger partial charge in [0.1, 0.15) is 6.04 Å². The van der Waals surface area contributed by atoms with Crippen LogP contribution in [0, 0.1) is 0 Å². The first-order chi connectivity index (χ1) is 7.82. The molecule has 8 nitrogen and oxygen atoms in total. The molecule has 0 fully saturated rings. The molecule has 0 bridgehead atoms. The fourth-order valence-electron chi connectivity index (χ4n) is 1.03. The lowest BCUT2D eigenvalue weighted by Crippen LogP contribution is -2.41. The predicted octanol–water partition coefficient (Wildman–Crippen LogP) is -1.31. The summed E-state index contributed by atoms with van der Waals surface area (Å²) in [6, 6.07) is -1.27. The van der Waals surface area contributed by atoms with Crippen LogP contribution < -0.4 is 11.1 Å². The average molecular weight is 246 g/mol. The number of carbonyl (C=O) groups is 4. The van der Waals surface area contributed by atoms with Crippen LogP contribution in [0.3, 0.4) is 0 Å². The van der Waals surface area contributed by atoms with Crippen molar-refractivity contribution in [2.45, 2.75) is 31.7 Å². The number of aliphatic carboxylic acids is 2. The number of primary amides is 1. The van der Waals surface area contributed by atoms with Crippen molar-refractivity contribution in [2.75, 3.05) is 0 Å². The van der Waals surface area contributed by atoms with E-state index in [1.165, 1.54) is 0 Å². The van der Waals surface area contributed by atoms with Crippen molar-refractivity contribution in [1.82, 2.24) is 5.32 Å². The van der Waals surface area contributed by atoms with Crippen LogP contribution in [0.5, 0.6) is 0 Å². The normalized spacial score (nSPS) is 11.5. The number of hydrogen-bond acceptors (Lipinski definition) is 4. The zero-order chi connectivity index (χ0) is 13.4. The van der Waals surface area contributed by atoms with Crippen LogP contribution in [0.4, 0.5) is 0 Å². The Morgan fingerprint density at radius 2 is 1.65 bits per heavy atom. The fraction of sp³-hybridized carbons (Fsp3) is 0.556. The predicted molar refractivity (Wildman–Crippen MR) is 54.9 cm³/mol. The molecule has 2 amide bonds. The SMILES string of the molecule is NC(=O)CCC(=O)NC(CCC(=O)O)C(=O)O. The zero-order valence-electron chi connectivity index (χ0n) is 9.01. The summed E-state index contributed by atoms with van der Waals surface area (Å²) in [6.07, 6.45) is -0.983. The van der Waals surface area contributed by atoms with Crippen LogP contribution in [-0.4, -0.2) is 40.0 Å². The number of nitrogens with one attached hydrogen (secondary N) is 1. The second-order valence-corrected chi connectivity index (χ2v) is 3.36. The Bertz CT molecular complexity index is 327. The van der Waals surface area contributed by atoms with Crippen LogP contribution in [0.2, 0.25) is 0 Å². The fourth-order valence-corrected chi connectivity index (χ4v) is 1.03. The third-order valence-electron chi connectivity index (χ3n) is 1.88. The molecule has 96 valence electrons. The minimum absolute atomic E-state index is 0.183. The topological polar surface area (TPSA) is 147 Å². The largest absolute Gasteiger partial charge is 0.481 e. The minimum atomic E-state index is -1.32. The molecule has 0 aromatic carbocycles. The Hall–Kier alpha value is -2.12. The molecule has 0 heterocycles. The Kier molecular flexibility index (Phi) is 6.30. The number of rotatable bonds is 8. The first-order valence-electron chi connectivity index (χ1n) is 4.85. The molecule has 17 heavy (non-hydrogen) atoms. The van der Waals surface area contributed by atoms with Crippen molar-refractivity contribution in [2.24, 2.45) is 5.73 Å². The summed E-state index contributed by atoms with van der Waals surface area (Å²) >= 11 is 0. The van der Waals surface area contributed by atoms with Gasteiger partial charge in [0.2, 0.25) is 11.8 Å². The van der Waals surface area contributed by atoms with Gasteiger partial charge in [-0.05, 0) is 6.42 Å². The van der Waals surface area contributed by atoms with Gasteiger partial charge in [0.25, 0.3) is 0 Å². The van der Waals surface area contributed by atoms with Gasteiger partial charge in [-0.15, -0.1) is 0 Å². The Balaban J connectivity index is 4.15. The molecule has 0 aliphatic heterocycles. The third-order valence-corrected chi connectivity index (χ3v) is 1.88. The van der Waals surface area contributed by atoms with Gasteiger partial charge in [0, 0.05) is 19.3 Å². The first kappa shape index (κ1) is 14.9. The highest BCUT2D eigenvalue weighted by Crippen LogP contribution is 1.99. The average Bonchev–Trinajstić information content (AvgIpc) is 2.20. The summed E-state index contributed by atoms with van der Waals surface area (Å²) in [7, 11) is 0. The standard InChI is InChI=1S/C9H14N2O6/c10-6(12)2-3-7(13)11-5(9(16)17)1-4-8(14)15/h5H,1-4H2,(H2,10,12)(H,11,13)(H,14,15)(H,16,17). The van der Waals surface area contributed by atoms with Crippen molar-refractivity contribution in [3.63, 3.8) is 0 Å². The van der Waals surface area contributed by atoms with E-state index in [1.807, 2.05) is 0 Å². The molecule has 8 heteroatoms. The van der Waals surface area contributed by atoms with Gasteiger partial charge < -0.3 is 21.3 Å². The number of carbonyl (C=O) groups excluding carboxylic acids is 2. The van der Waals surface area contributed by atoms with E-state index in [-0.39, 0.29) is 25.7 Å². The van der Waals surface area contributed by atoms with Crippen LogP contribution in [0.1, 0.15) is 25.7 Å². The van der Waals surface area contributed by atoms with Gasteiger partial charge in [0.15, 0.2) is 0 Å². The van der Waals surface area contributed by atoms with E-state index in [9.17, 15) is 19.2 Å². The van der Waals surface area contributed by atoms with Crippen LogP contribution in [0.25, 0.3) is 0 Å². The summed E-state index contributed by atoms with van der Waals surface area (Å²) < 4.78 is 0. The first-order valence-corrected chi connectivity index (χ1v) is 4.85. The highest BCUT2D eigenvalue weighted by atomic mass is 16.4. The van der Waals surface area contributed by atoms with Crippen molar-refractivity contribution in [3.8, 4) is 0 Å². The summed E-state index contributed by atoms with van der Waals surface area (Å²) in [4.78, 5) is 42.5. The molecule has 0 saturated carbocycles. The lowest BCUT2D eigenvalue weighted by molar-refractivity contribution is -0.143. The highest BCUT2D eigenvalue weighted by Gasteiger charge is 2.20. The molecule has 5 N–H and O–H groups in total. The molecular formula is C9H14N2O6. The van der Waals surface area contributed by atoms with E-state index in [0.717, 1.165) is 0 Å². The summed E-state index contributed by atoms with van der Waals surface area (Å²) in [5, 5.41) is 19.2. The summed E-state index contributed by atoms with van der Waals surface area (Å²) in [5.41, 5.74) is 4.82. The van der Waals surface area contributed by atoms with Gasteiger partial charge in [-0.3, -0.25) is 14.4 Å². The quantitative estimate of drug-likeness (QED) is 0.418. The zero-order valence-corrected chi connectivity index (χ0v) is 9.01. The van der Waals surface area contributed by atoms with E-state index in [0.29, 0.717) is 0 Å². The van der Waals surface area contributed by atoms with Crippen LogP contribution in [0.15, 0.2) is 0 Å². The minimum Gasteiger partial charge on any atom is -0.481 e. The molecule has 1 atom stereocenters. The number of carboxylic acid groups (broad SMARTS) is 2. The van der Waals surface area contributed by atoms with Gasteiger partial charge in [-0.25, -0.2) is 4.79 Å². The van der Waals surface area contributed by atoms with E-state index < -0.39 is 29.8 Å². The van der Waals surface area contributed by atoms with Crippen LogP contribution in [-0.2, 0) is 19.2 Å². The van der Waals surface area contributed by atoms with E-state index in [2.05, 4.69) is 5.32 Å². The second-order valence-electron chi connectivity index (χ2n) is 3.36. The Morgan fingerprint density at radius 3 is 2.06 bits per heavy atom. The maximum atomic E-state index is 11.2. The molecule has 0 radical (unpaired) electrons. The van der Waals surface area contributed by atoms with E-state index in [4.69, 9.17) is 15.9 Å². The number of carboxylic acids is 2. The van der Waals surface area contributed by atoms with Crippen molar-refractivity contribution in [3.05, 3.63) is 0 Å². The Labute approximate surface area is 96.8 Å². The maximum Gasteiger partial charge on any atom is 0.326 e. The lowest BCUT2D eigenvalue weighted by Gasteiger charge is -2.12. The summed E-state index contributed by atoms with van der Waals surface area (Å²) in [6.45, 7) is 0. The van der Waals surface area contributed by atoms with Crippen molar-refractivity contribution in [1.29, 1.82) is 0 Å². The molecule has 0 aromatic rings. The number of amides is 2. The molecular weight excluding hydrogens is 232 g/mol. The highest BCUT2D eigenvalue weighted by molar-refractivity contribution is 5.86. The molecule has 0 spiro atoms. The lowest BCUT2D eigenvalue weighted by atomic mass is 10.1. The van der Waals surface area contributed by atoms with Gasteiger partial charge in [-0.1, -0.05) is 0 Å². The third kappa shape index (κ3) is 7.77.